The third kappa shape index (κ3) is 5.71. The molecule has 0 aliphatic heterocycles. The summed E-state index contributed by atoms with van der Waals surface area (Å²) < 4.78 is 29.1. The van der Waals surface area contributed by atoms with Gasteiger partial charge in [0, 0.05) is 17.7 Å². The molecule has 0 fully saturated rings. The summed E-state index contributed by atoms with van der Waals surface area (Å²) in [7, 11) is -3.64. The van der Waals surface area contributed by atoms with E-state index in [-0.39, 0.29) is 16.1 Å². The smallest absolute Gasteiger partial charge is 0.307 e. The number of hydrogen-bond donors (Lipinski definition) is 0. The van der Waals surface area contributed by atoms with Crippen LogP contribution < -0.4 is 0 Å². The summed E-state index contributed by atoms with van der Waals surface area (Å²) >= 11 is 0. The van der Waals surface area contributed by atoms with Crippen molar-refractivity contribution >= 4 is 27.3 Å². The predicted molar refractivity (Wildman–Crippen MR) is 96.2 cm³/mol. The number of non-ortho nitro benzene ring substituents is 1. The molecule has 0 spiro atoms. The largest absolute Gasteiger partial charge is 0.457 e. The summed E-state index contributed by atoms with van der Waals surface area (Å²) in [6.07, 6.45) is -0.404. The number of Topliss-reactive ketones (excluding diaryl/α,β-unsaturated/α-hetero) is 1. The normalized spacial score (nSPS) is 11.0. The number of hydrogen-bond acceptors (Lipinski definition) is 7. The zero-order valence-corrected chi connectivity index (χ0v) is 15.3. The van der Waals surface area contributed by atoms with Gasteiger partial charge in [0.25, 0.3) is 5.69 Å². The van der Waals surface area contributed by atoms with Crippen molar-refractivity contribution in [2.24, 2.45) is 0 Å². The van der Waals surface area contributed by atoms with E-state index in [2.05, 4.69) is 0 Å². The number of ketones is 1. The van der Waals surface area contributed by atoms with E-state index in [1.165, 1.54) is 30.3 Å². The van der Waals surface area contributed by atoms with E-state index in [0.717, 1.165) is 11.6 Å². The molecule has 0 aromatic heterocycles. The number of esters is 1. The lowest BCUT2D eigenvalue weighted by Crippen LogP contribution is -2.17. The average molecular weight is 391 g/mol. The first kappa shape index (κ1) is 20.2. The van der Waals surface area contributed by atoms with E-state index in [0.29, 0.717) is 0 Å². The molecule has 0 bridgehead atoms. The number of aryl methyl sites for hydroxylation is 1. The van der Waals surface area contributed by atoms with Gasteiger partial charge in [-0.3, -0.25) is 19.7 Å². The second kappa shape index (κ2) is 8.54. The first-order chi connectivity index (χ1) is 12.7. The number of carbonyl (C=O) groups excluding carboxylic acids is 2. The lowest BCUT2D eigenvalue weighted by molar-refractivity contribution is -0.384. The average Bonchev–Trinajstić information content (AvgIpc) is 2.65. The Morgan fingerprint density at radius 1 is 1.11 bits per heavy atom. The Morgan fingerprint density at radius 3 is 2.41 bits per heavy atom. The molecule has 0 N–H and O–H groups in total. The molecule has 0 aliphatic rings. The highest BCUT2D eigenvalue weighted by Gasteiger charge is 2.18. The molecule has 0 atom stereocenters. The van der Waals surface area contributed by atoms with E-state index < -0.39 is 45.3 Å². The number of rotatable bonds is 8. The molecule has 2 rings (SSSR count). The van der Waals surface area contributed by atoms with Crippen LogP contribution >= 0.6 is 0 Å². The van der Waals surface area contributed by atoms with Crippen molar-refractivity contribution in [1.82, 2.24) is 0 Å². The number of nitro benzene ring substituents is 1. The van der Waals surface area contributed by atoms with Gasteiger partial charge < -0.3 is 4.74 Å². The van der Waals surface area contributed by atoms with E-state index in [1.807, 2.05) is 6.92 Å². The second-order valence-corrected chi connectivity index (χ2v) is 7.88. The molecule has 0 saturated carbocycles. The fraction of sp³-hybridized carbons (Fsp3) is 0.222. The predicted octanol–water partition coefficient (Wildman–Crippen LogP) is 2.49. The van der Waals surface area contributed by atoms with Gasteiger partial charge in [-0.05, 0) is 19.1 Å². The molecular weight excluding hydrogens is 374 g/mol. The van der Waals surface area contributed by atoms with Crippen LogP contribution in [0.3, 0.4) is 0 Å². The first-order valence-corrected chi connectivity index (χ1v) is 9.57. The van der Waals surface area contributed by atoms with Gasteiger partial charge in [-0.15, -0.1) is 0 Å². The van der Waals surface area contributed by atoms with Crippen LogP contribution in [0.1, 0.15) is 22.3 Å². The van der Waals surface area contributed by atoms with E-state index in [1.54, 1.807) is 12.1 Å². The molecule has 2 aromatic carbocycles. The monoisotopic (exact) mass is 391 g/mol. The molecule has 27 heavy (non-hydrogen) atoms. The van der Waals surface area contributed by atoms with Gasteiger partial charge in [0.1, 0.15) is 0 Å². The number of sulfone groups is 1. The molecule has 0 saturated heterocycles. The first-order valence-electron chi connectivity index (χ1n) is 7.92. The van der Waals surface area contributed by atoms with Crippen LogP contribution in [0.15, 0.2) is 53.4 Å². The zero-order valence-electron chi connectivity index (χ0n) is 14.5. The molecule has 0 aliphatic carbocycles. The maximum atomic E-state index is 12.2. The van der Waals surface area contributed by atoms with E-state index >= 15 is 0 Å². The molecule has 9 heteroatoms. The Morgan fingerprint density at radius 2 is 1.78 bits per heavy atom. The summed E-state index contributed by atoms with van der Waals surface area (Å²) in [5.41, 5.74) is 0.689. The Kier molecular flexibility index (Phi) is 6.40. The minimum Gasteiger partial charge on any atom is -0.457 e. The summed E-state index contributed by atoms with van der Waals surface area (Å²) in [5.74, 6) is -1.90. The van der Waals surface area contributed by atoms with Crippen LogP contribution in [0.5, 0.6) is 0 Å². The Hall–Kier alpha value is -3.07. The summed E-state index contributed by atoms with van der Waals surface area (Å²) in [6, 6.07) is 11.3. The lowest BCUT2D eigenvalue weighted by Gasteiger charge is -2.06. The maximum Gasteiger partial charge on any atom is 0.307 e. The Balaban J connectivity index is 1.89. The van der Waals surface area contributed by atoms with Crippen LogP contribution in [0.2, 0.25) is 0 Å². The minimum absolute atomic E-state index is 0.0317. The van der Waals surface area contributed by atoms with E-state index in [4.69, 9.17) is 4.74 Å². The molecule has 8 nitrogen and oxygen atoms in total. The third-order valence-electron chi connectivity index (χ3n) is 3.70. The topological polar surface area (TPSA) is 121 Å². The van der Waals surface area contributed by atoms with Gasteiger partial charge >= 0.3 is 5.97 Å². The molecule has 142 valence electrons. The quantitative estimate of drug-likeness (QED) is 0.293. The molecule has 0 unspecified atom stereocenters. The van der Waals surface area contributed by atoms with Gasteiger partial charge in [0.2, 0.25) is 5.78 Å². The second-order valence-electron chi connectivity index (χ2n) is 5.77. The lowest BCUT2D eigenvalue weighted by atomic mass is 10.1. The van der Waals surface area contributed by atoms with Gasteiger partial charge in [-0.25, -0.2) is 8.42 Å². The van der Waals surface area contributed by atoms with Crippen molar-refractivity contribution in [3.8, 4) is 0 Å². The van der Waals surface area contributed by atoms with Crippen molar-refractivity contribution in [1.29, 1.82) is 0 Å². The number of carbonyl (C=O) groups is 2. The minimum atomic E-state index is -3.64. The molecule has 0 amide bonds. The molecule has 0 heterocycles. The number of nitro groups is 1. The van der Waals surface area contributed by atoms with Crippen molar-refractivity contribution in [2.75, 3.05) is 12.4 Å². The fourth-order valence-corrected chi connectivity index (χ4v) is 3.40. The summed E-state index contributed by atoms with van der Waals surface area (Å²) in [4.78, 5) is 33.9. The number of benzene rings is 2. The molecular formula is C18H17NO7S. The van der Waals surface area contributed by atoms with Gasteiger partial charge in [-0.1, -0.05) is 29.8 Å². The maximum absolute atomic E-state index is 12.2. The molecule has 2 aromatic rings. The fourth-order valence-electron chi connectivity index (χ4n) is 2.18. The molecule has 0 radical (unpaired) electrons. The van der Waals surface area contributed by atoms with E-state index in [9.17, 15) is 28.1 Å². The highest BCUT2D eigenvalue weighted by Crippen LogP contribution is 2.15. The van der Waals surface area contributed by atoms with Gasteiger partial charge in [0.15, 0.2) is 16.4 Å². The van der Waals surface area contributed by atoms with Crippen molar-refractivity contribution in [3.05, 3.63) is 69.8 Å². The van der Waals surface area contributed by atoms with Crippen LogP contribution in [0.4, 0.5) is 5.69 Å². The third-order valence-corrected chi connectivity index (χ3v) is 5.43. The zero-order chi connectivity index (χ0) is 20.0. The van der Waals surface area contributed by atoms with Crippen molar-refractivity contribution in [2.45, 2.75) is 18.2 Å². The Bertz CT molecular complexity index is 965. The summed E-state index contributed by atoms with van der Waals surface area (Å²) in [5, 5.41) is 10.7. The van der Waals surface area contributed by atoms with Crippen molar-refractivity contribution in [3.63, 3.8) is 0 Å². The van der Waals surface area contributed by atoms with Gasteiger partial charge in [0.05, 0.1) is 22.0 Å². The van der Waals surface area contributed by atoms with Crippen LogP contribution in [-0.2, 0) is 19.4 Å². The SMILES string of the molecule is Cc1ccc(S(=O)(=O)CCC(=O)OCC(=O)c2cccc([N+](=O)[O-])c2)cc1. The van der Waals surface area contributed by atoms with Crippen LogP contribution in [-0.4, -0.2) is 37.5 Å². The highest BCUT2D eigenvalue weighted by atomic mass is 32.2. The highest BCUT2D eigenvalue weighted by molar-refractivity contribution is 7.91. The Labute approximate surface area is 155 Å². The van der Waals surface area contributed by atoms with Gasteiger partial charge in [-0.2, -0.15) is 0 Å². The standard InChI is InChI=1S/C18H17NO7S/c1-13-5-7-16(8-6-13)27(24,25)10-9-18(21)26-12-17(20)14-3-2-4-15(11-14)19(22)23/h2-8,11H,9-10,12H2,1H3. The van der Waals surface area contributed by atoms with Crippen molar-refractivity contribution < 1.29 is 27.7 Å². The summed E-state index contributed by atoms with van der Waals surface area (Å²) in [6.45, 7) is 1.21. The van der Waals surface area contributed by atoms with Crippen LogP contribution in [0.25, 0.3) is 0 Å². The number of nitrogens with zero attached hydrogens (tertiary/aromatic N) is 1. The van der Waals surface area contributed by atoms with Crippen LogP contribution in [0, 0.1) is 17.0 Å². The number of ether oxygens (including phenoxy) is 1.